The lowest BCUT2D eigenvalue weighted by Gasteiger charge is -2.24. The fraction of sp³-hybridized carbons (Fsp3) is 0.320. The van der Waals surface area contributed by atoms with Crippen LogP contribution in [0.25, 0.3) is 6.08 Å². The van der Waals surface area contributed by atoms with Crippen LogP contribution in [0.2, 0.25) is 0 Å². The van der Waals surface area contributed by atoms with Crippen molar-refractivity contribution in [3.63, 3.8) is 0 Å². The third-order valence-corrected chi connectivity index (χ3v) is 4.76. The molecule has 0 fully saturated rings. The molecule has 7 heteroatoms. The van der Waals surface area contributed by atoms with Crippen molar-refractivity contribution in [1.82, 2.24) is 4.90 Å². The van der Waals surface area contributed by atoms with Gasteiger partial charge in [0, 0.05) is 19.8 Å². The summed E-state index contributed by atoms with van der Waals surface area (Å²) in [6.45, 7) is 4.93. The van der Waals surface area contributed by atoms with Crippen molar-refractivity contribution in [2.45, 2.75) is 32.5 Å². The van der Waals surface area contributed by atoms with Gasteiger partial charge in [0.1, 0.15) is 29.8 Å². The standard InChI is InChI=1S/C25H29N3O4/c1-25(2,3)32-21(29)16-28-23(22(30)18-9-7-6-8-10-18)26-20(24(28)31)15-17-11-13-19(14-12-17)27(4)5/h6-15,22,30H,16H2,1-5H3/b20-15-. The van der Waals surface area contributed by atoms with Gasteiger partial charge in [0.2, 0.25) is 0 Å². The van der Waals surface area contributed by atoms with Crippen LogP contribution in [0.4, 0.5) is 5.69 Å². The number of amidine groups is 1. The number of nitrogens with zero attached hydrogens (tertiary/aromatic N) is 3. The highest BCUT2D eigenvalue weighted by molar-refractivity contribution is 6.16. The summed E-state index contributed by atoms with van der Waals surface area (Å²) in [5.74, 6) is -0.934. The van der Waals surface area contributed by atoms with Crippen LogP contribution in [0.3, 0.4) is 0 Å². The highest BCUT2D eigenvalue weighted by Crippen LogP contribution is 2.27. The monoisotopic (exact) mass is 435 g/mol. The summed E-state index contributed by atoms with van der Waals surface area (Å²) in [5.41, 5.74) is 1.85. The average molecular weight is 436 g/mol. The Hall–Kier alpha value is -3.45. The zero-order valence-electron chi connectivity index (χ0n) is 19.1. The number of ether oxygens (including phenoxy) is 1. The molecule has 1 aliphatic heterocycles. The zero-order valence-corrected chi connectivity index (χ0v) is 19.1. The number of esters is 1. The van der Waals surface area contributed by atoms with E-state index in [-0.39, 0.29) is 18.1 Å². The van der Waals surface area contributed by atoms with Crippen LogP contribution in [-0.2, 0) is 14.3 Å². The summed E-state index contributed by atoms with van der Waals surface area (Å²) >= 11 is 0. The van der Waals surface area contributed by atoms with E-state index in [1.54, 1.807) is 51.1 Å². The second-order valence-electron chi connectivity index (χ2n) is 8.78. The second kappa shape index (κ2) is 9.36. The van der Waals surface area contributed by atoms with Gasteiger partial charge in [0.15, 0.2) is 0 Å². The summed E-state index contributed by atoms with van der Waals surface area (Å²) in [4.78, 5) is 33.2. The van der Waals surface area contributed by atoms with Crippen molar-refractivity contribution in [3.8, 4) is 0 Å². The Morgan fingerprint density at radius 2 is 1.75 bits per heavy atom. The quantitative estimate of drug-likeness (QED) is 0.555. The minimum absolute atomic E-state index is 0.100. The Kier molecular flexibility index (Phi) is 6.79. The average Bonchev–Trinajstić information content (AvgIpc) is 3.02. The molecule has 0 aliphatic carbocycles. The van der Waals surface area contributed by atoms with Gasteiger partial charge in [0.25, 0.3) is 5.91 Å². The Morgan fingerprint density at radius 3 is 2.31 bits per heavy atom. The van der Waals surface area contributed by atoms with E-state index < -0.39 is 23.6 Å². The molecule has 1 amide bonds. The number of hydrogen-bond acceptors (Lipinski definition) is 6. The minimum Gasteiger partial charge on any atom is -0.459 e. The molecule has 1 aliphatic rings. The van der Waals surface area contributed by atoms with Crippen LogP contribution >= 0.6 is 0 Å². The molecule has 1 N–H and O–H groups in total. The molecule has 32 heavy (non-hydrogen) atoms. The molecule has 0 aromatic heterocycles. The van der Waals surface area contributed by atoms with Gasteiger partial charge in [-0.3, -0.25) is 14.5 Å². The maximum atomic E-state index is 13.1. The summed E-state index contributed by atoms with van der Waals surface area (Å²) < 4.78 is 5.38. The van der Waals surface area contributed by atoms with E-state index in [2.05, 4.69) is 4.99 Å². The number of aliphatic imine (C=N–C) groups is 1. The zero-order chi connectivity index (χ0) is 23.5. The van der Waals surface area contributed by atoms with Gasteiger partial charge in [-0.05, 0) is 50.1 Å². The van der Waals surface area contributed by atoms with Crippen LogP contribution in [0.15, 0.2) is 65.3 Å². The van der Waals surface area contributed by atoms with Gasteiger partial charge in [-0.1, -0.05) is 42.5 Å². The normalized spacial score (nSPS) is 16.2. The molecule has 0 spiro atoms. The van der Waals surface area contributed by atoms with Crippen LogP contribution in [-0.4, -0.2) is 54.0 Å². The first-order chi connectivity index (χ1) is 15.0. The van der Waals surface area contributed by atoms with Crippen molar-refractivity contribution >= 4 is 29.5 Å². The molecule has 2 aromatic rings. The maximum Gasteiger partial charge on any atom is 0.326 e. The van der Waals surface area contributed by atoms with Crippen molar-refractivity contribution < 1.29 is 19.4 Å². The Balaban J connectivity index is 1.94. The molecule has 0 saturated carbocycles. The molecule has 1 atom stereocenters. The van der Waals surface area contributed by atoms with Gasteiger partial charge < -0.3 is 14.7 Å². The van der Waals surface area contributed by atoms with E-state index in [0.717, 1.165) is 11.3 Å². The van der Waals surface area contributed by atoms with Gasteiger partial charge in [-0.2, -0.15) is 0 Å². The van der Waals surface area contributed by atoms with Crippen LogP contribution in [0.5, 0.6) is 0 Å². The van der Waals surface area contributed by atoms with Crippen molar-refractivity contribution in [2.75, 3.05) is 25.5 Å². The first-order valence-electron chi connectivity index (χ1n) is 10.4. The molecule has 0 radical (unpaired) electrons. The van der Waals surface area contributed by atoms with E-state index in [4.69, 9.17) is 4.74 Å². The Bertz CT molecular complexity index is 1040. The smallest absolute Gasteiger partial charge is 0.326 e. The maximum absolute atomic E-state index is 13.1. The molecule has 168 valence electrons. The van der Waals surface area contributed by atoms with Crippen molar-refractivity contribution in [1.29, 1.82) is 0 Å². The predicted octanol–water partition coefficient (Wildman–Crippen LogP) is 3.41. The number of hydrogen-bond donors (Lipinski definition) is 1. The summed E-state index contributed by atoms with van der Waals surface area (Å²) in [6, 6.07) is 16.5. The van der Waals surface area contributed by atoms with E-state index >= 15 is 0 Å². The number of amides is 1. The molecule has 0 bridgehead atoms. The molecular weight excluding hydrogens is 406 g/mol. The van der Waals surface area contributed by atoms with Crippen LogP contribution in [0.1, 0.15) is 38.0 Å². The molecule has 2 aromatic carbocycles. The van der Waals surface area contributed by atoms with Gasteiger partial charge in [-0.15, -0.1) is 0 Å². The third kappa shape index (κ3) is 5.62. The number of benzene rings is 2. The lowest BCUT2D eigenvalue weighted by molar-refractivity contribution is -0.156. The molecule has 7 nitrogen and oxygen atoms in total. The summed E-state index contributed by atoms with van der Waals surface area (Å²) in [7, 11) is 3.90. The summed E-state index contributed by atoms with van der Waals surface area (Å²) in [5, 5.41) is 10.9. The van der Waals surface area contributed by atoms with E-state index in [9.17, 15) is 14.7 Å². The number of aliphatic hydroxyl groups is 1. The minimum atomic E-state index is -1.16. The van der Waals surface area contributed by atoms with Crippen molar-refractivity contribution in [2.24, 2.45) is 4.99 Å². The lowest BCUT2D eigenvalue weighted by atomic mass is 10.1. The first kappa shape index (κ1) is 23.2. The Morgan fingerprint density at radius 1 is 1.12 bits per heavy atom. The second-order valence-corrected chi connectivity index (χ2v) is 8.78. The molecule has 1 unspecified atom stereocenters. The highest BCUT2D eigenvalue weighted by atomic mass is 16.6. The molecule has 0 saturated heterocycles. The molecule has 1 heterocycles. The SMILES string of the molecule is CN(C)c1ccc(/C=C2\N=C(C(O)c3ccccc3)N(CC(=O)OC(C)(C)C)C2=O)cc1. The number of anilines is 1. The highest BCUT2D eigenvalue weighted by Gasteiger charge is 2.37. The first-order valence-corrected chi connectivity index (χ1v) is 10.4. The van der Waals surface area contributed by atoms with Crippen LogP contribution < -0.4 is 4.90 Å². The molecule has 3 rings (SSSR count). The van der Waals surface area contributed by atoms with Gasteiger partial charge in [-0.25, -0.2) is 4.99 Å². The lowest BCUT2D eigenvalue weighted by Crippen LogP contribution is -2.41. The van der Waals surface area contributed by atoms with Crippen molar-refractivity contribution in [3.05, 3.63) is 71.4 Å². The predicted molar refractivity (Wildman–Crippen MR) is 125 cm³/mol. The van der Waals surface area contributed by atoms with E-state index in [1.165, 1.54) is 4.90 Å². The summed E-state index contributed by atoms with van der Waals surface area (Å²) in [6.07, 6.45) is 0.485. The molecular formula is C25H29N3O4. The number of aliphatic hydroxyl groups excluding tert-OH is 1. The van der Waals surface area contributed by atoms with Gasteiger partial charge >= 0.3 is 5.97 Å². The largest absolute Gasteiger partial charge is 0.459 e. The number of rotatable bonds is 6. The Labute approximate surface area is 188 Å². The topological polar surface area (TPSA) is 82.4 Å². The van der Waals surface area contributed by atoms with Crippen LogP contribution in [0, 0.1) is 0 Å². The van der Waals surface area contributed by atoms with E-state index in [0.29, 0.717) is 5.56 Å². The third-order valence-electron chi connectivity index (χ3n) is 4.76. The fourth-order valence-corrected chi connectivity index (χ4v) is 3.24. The fourth-order valence-electron chi connectivity index (χ4n) is 3.24. The number of carbonyl (C=O) groups excluding carboxylic acids is 2. The van der Waals surface area contributed by atoms with E-state index in [1.807, 2.05) is 49.3 Å². The van der Waals surface area contributed by atoms with Gasteiger partial charge in [0.05, 0.1) is 0 Å². The number of carbonyl (C=O) groups is 2.